The molecule has 112 valence electrons. The first-order valence-corrected chi connectivity index (χ1v) is 6.25. The van der Waals surface area contributed by atoms with E-state index in [0.29, 0.717) is 5.69 Å². The molecule has 2 N–H and O–H groups in total. The van der Waals surface area contributed by atoms with E-state index in [-0.39, 0.29) is 17.9 Å². The molecule has 0 bridgehead atoms. The van der Waals surface area contributed by atoms with Crippen LogP contribution in [0.5, 0.6) is 0 Å². The lowest BCUT2D eigenvalue weighted by atomic mass is 9.92. The Morgan fingerprint density at radius 2 is 2.10 bits per heavy atom. The van der Waals surface area contributed by atoms with Gasteiger partial charge in [-0.1, -0.05) is 20.8 Å². The van der Waals surface area contributed by atoms with Gasteiger partial charge in [0.1, 0.15) is 5.69 Å². The monoisotopic (exact) mass is 283 g/mol. The van der Waals surface area contributed by atoms with Crippen LogP contribution in [-0.4, -0.2) is 46.5 Å². The number of carbonyl (C=O) groups excluding carboxylic acids is 1. The molecule has 0 radical (unpaired) electrons. The number of aryl methyl sites for hydroxylation is 1. The van der Waals surface area contributed by atoms with Crippen LogP contribution in [0, 0.1) is 0 Å². The lowest BCUT2D eigenvalue weighted by Gasteiger charge is -2.13. The summed E-state index contributed by atoms with van der Waals surface area (Å²) in [5.74, 6) is -1.49. The van der Waals surface area contributed by atoms with E-state index in [1.54, 1.807) is 13.1 Å². The summed E-state index contributed by atoms with van der Waals surface area (Å²) >= 11 is 0. The van der Waals surface area contributed by atoms with Crippen molar-refractivity contribution in [3.8, 4) is 0 Å². The number of carboxylic acids is 1. The zero-order chi connectivity index (χ0) is 15.5. The Morgan fingerprint density at radius 3 is 2.50 bits per heavy atom. The minimum atomic E-state index is -1.12. The summed E-state index contributed by atoms with van der Waals surface area (Å²) in [6.45, 7) is 5.91. The number of hydrogen-bond acceptors (Lipinski definition) is 4. The molecule has 1 atom stereocenters. The van der Waals surface area contributed by atoms with E-state index in [0.717, 1.165) is 5.69 Å². The first-order chi connectivity index (χ1) is 9.16. The Bertz CT molecular complexity index is 502. The molecule has 0 aliphatic rings. The third kappa shape index (κ3) is 3.80. The molecule has 1 aromatic rings. The summed E-state index contributed by atoms with van der Waals surface area (Å²) in [6, 6.07) is 1.71. The number of nitrogens with one attached hydrogen (secondary N) is 1. The van der Waals surface area contributed by atoms with Crippen LogP contribution in [0.1, 0.15) is 37.0 Å². The zero-order valence-corrected chi connectivity index (χ0v) is 12.4. The Hall–Kier alpha value is -1.89. The fourth-order valence-corrected chi connectivity index (χ4v) is 1.59. The van der Waals surface area contributed by atoms with Gasteiger partial charge in [-0.25, -0.2) is 4.79 Å². The minimum absolute atomic E-state index is 0.0965. The second-order valence-electron chi connectivity index (χ2n) is 5.56. The van der Waals surface area contributed by atoms with Gasteiger partial charge in [0.25, 0.3) is 5.91 Å². The third-order valence-corrected chi connectivity index (χ3v) is 2.89. The van der Waals surface area contributed by atoms with Gasteiger partial charge in [-0.3, -0.25) is 9.48 Å². The Balaban J connectivity index is 2.78. The van der Waals surface area contributed by atoms with Crippen molar-refractivity contribution < 1.29 is 19.4 Å². The number of nitrogens with zero attached hydrogens (tertiary/aromatic N) is 2. The molecule has 0 aliphatic carbocycles. The highest BCUT2D eigenvalue weighted by Gasteiger charge is 2.23. The second kappa shape index (κ2) is 6.04. The number of rotatable bonds is 5. The second-order valence-corrected chi connectivity index (χ2v) is 5.56. The van der Waals surface area contributed by atoms with Crippen molar-refractivity contribution in [2.75, 3.05) is 13.7 Å². The molecule has 1 heterocycles. The number of hydrogen-bond donors (Lipinski definition) is 2. The number of carboxylic acid groups (broad SMARTS) is 1. The molecular formula is C13H21N3O4. The predicted octanol–water partition coefficient (Wildman–Crippen LogP) is 0.547. The zero-order valence-electron chi connectivity index (χ0n) is 12.4. The highest BCUT2D eigenvalue weighted by Crippen LogP contribution is 2.21. The maximum atomic E-state index is 12.0. The molecule has 1 rings (SSSR count). The largest absolute Gasteiger partial charge is 0.479 e. The van der Waals surface area contributed by atoms with Crippen molar-refractivity contribution in [3.63, 3.8) is 0 Å². The Kier molecular flexibility index (Phi) is 4.88. The lowest BCUT2D eigenvalue weighted by Crippen LogP contribution is -2.38. The standard InChI is InChI=1S/C13H21N3O4/c1-13(2,3)10-6-8(16(4)15-10)11(17)14-7-9(20-5)12(18)19/h6,9H,7H2,1-5H3,(H,14,17)(H,18,19). The number of carbonyl (C=O) groups is 2. The molecule has 0 aromatic carbocycles. The fourth-order valence-electron chi connectivity index (χ4n) is 1.59. The van der Waals surface area contributed by atoms with E-state index < -0.39 is 12.1 Å². The molecule has 1 amide bonds. The summed E-state index contributed by atoms with van der Waals surface area (Å²) < 4.78 is 6.24. The molecule has 0 fully saturated rings. The summed E-state index contributed by atoms with van der Waals surface area (Å²) in [5, 5.41) is 15.7. The van der Waals surface area contributed by atoms with Gasteiger partial charge in [-0.2, -0.15) is 5.10 Å². The van der Waals surface area contributed by atoms with Gasteiger partial charge in [0.15, 0.2) is 6.10 Å². The van der Waals surface area contributed by atoms with Crippen molar-refractivity contribution >= 4 is 11.9 Å². The van der Waals surface area contributed by atoms with Crippen molar-refractivity contribution in [2.24, 2.45) is 7.05 Å². The molecule has 7 nitrogen and oxygen atoms in total. The first-order valence-electron chi connectivity index (χ1n) is 6.25. The maximum Gasteiger partial charge on any atom is 0.334 e. The molecule has 0 saturated heterocycles. The number of amides is 1. The summed E-state index contributed by atoms with van der Waals surface area (Å²) in [5.41, 5.74) is 1.02. The normalized spacial score (nSPS) is 13.1. The first kappa shape index (κ1) is 16.2. The summed E-state index contributed by atoms with van der Waals surface area (Å²) in [7, 11) is 2.96. The van der Waals surface area contributed by atoms with E-state index in [2.05, 4.69) is 10.4 Å². The van der Waals surface area contributed by atoms with E-state index in [1.807, 2.05) is 20.8 Å². The average molecular weight is 283 g/mol. The van der Waals surface area contributed by atoms with E-state index >= 15 is 0 Å². The number of aliphatic carboxylic acids is 1. The topological polar surface area (TPSA) is 93.5 Å². The van der Waals surface area contributed by atoms with Crippen molar-refractivity contribution in [1.82, 2.24) is 15.1 Å². The SMILES string of the molecule is COC(CNC(=O)c1cc(C(C)(C)C)nn1C)C(=O)O. The van der Waals surface area contributed by atoms with Crippen LogP contribution < -0.4 is 5.32 Å². The average Bonchev–Trinajstić information content (AvgIpc) is 2.71. The number of methoxy groups -OCH3 is 1. The van der Waals surface area contributed by atoms with Crippen LogP contribution in [0.3, 0.4) is 0 Å². The van der Waals surface area contributed by atoms with Gasteiger partial charge in [0.2, 0.25) is 0 Å². The molecule has 1 unspecified atom stereocenters. The van der Waals surface area contributed by atoms with Crippen molar-refractivity contribution in [3.05, 3.63) is 17.5 Å². The van der Waals surface area contributed by atoms with Crippen LogP contribution in [0.25, 0.3) is 0 Å². The highest BCUT2D eigenvalue weighted by molar-refractivity contribution is 5.93. The van der Waals surface area contributed by atoms with Gasteiger partial charge >= 0.3 is 5.97 Å². The lowest BCUT2D eigenvalue weighted by molar-refractivity contribution is -0.148. The summed E-state index contributed by atoms with van der Waals surface area (Å²) in [6.07, 6.45) is -1.06. The molecule has 20 heavy (non-hydrogen) atoms. The van der Waals surface area contributed by atoms with Crippen LogP contribution >= 0.6 is 0 Å². The van der Waals surface area contributed by atoms with Crippen molar-refractivity contribution in [2.45, 2.75) is 32.3 Å². The quantitative estimate of drug-likeness (QED) is 0.823. The Morgan fingerprint density at radius 1 is 1.50 bits per heavy atom. The smallest absolute Gasteiger partial charge is 0.334 e. The van der Waals surface area contributed by atoms with Gasteiger partial charge < -0.3 is 15.2 Å². The minimum Gasteiger partial charge on any atom is -0.479 e. The highest BCUT2D eigenvalue weighted by atomic mass is 16.5. The number of aromatic nitrogens is 2. The van der Waals surface area contributed by atoms with Crippen molar-refractivity contribution in [1.29, 1.82) is 0 Å². The van der Waals surface area contributed by atoms with E-state index in [9.17, 15) is 9.59 Å². The fraction of sp³-hybridized carbons (Fsp3) is 0.615. The predicted molar refractivity (Wildman–Crippen MR) is 72.7 cm³/mol. The number of ether oxygens (including phenoxy) is 1. The molecule has 0 spiro atoms. The molecule has 7 heteroatoms. The third-order valence-electron chi connectivity index (χ3n) is 2.89. The molecular weight excluding hydrogens is 262 g/mol. The van der Waals surface area contributed by atoms with Gasteiger partial charge in [-0.15, -0.1) is 0 Å². The molecule has 0 saturated carbocycles. The van der Waals surface area contributed by atoms with E-state index in [1.165, 1.54) is 11.8 Å². The summed E-state index contributed by atoms with van der Waals surface area (Å²) in [4.78, 5) is 22.8. The maximum absolute atomic E-state index is 12.0. The van der Waals surface area contributed by atoms with Crippen LogP contribution in [0.2, 0.25) is 0 Å². The van der Waals surface area contributed by atoms with Crippen LogP contribution in [-0.2, 0) is 22.0 Å². The van der Waals surface area contributed by atoms with Gasteiger partial charge in [-0.05, 0) is 6.07 Å². The van der Waals surface area contributed by atoms with Gasteiger partial charge in [0.05, 0.1) is 12.2 Å². The van der Waals surface area contributed by atoms with Crippen LogP contribution in [0.4, 0.5) is 0 Å². The molecule has 0 aliphatic heterocycles. The van der Waals surface area contributed by atoms with E-state index in [4.69, 9.17) is 9.84 Å². The van der Waals surface area contributed by atoms with Gasteiger partial charge in [0, 0.05) is 19.6 Å². The van der Waals surface area contributed by atoms with Crippen LogP contribution in [0.15, 0.2) is 6.07 Å². The molecule has 1 aromatic heterocycles. The Labute approximate surface area is 117 Å².